The molecule has 42 heavy (non-hydrogen) atoms. The first-order chi connectivity index (χ1) is 20.1. The van der Waals surface area contributed by atoms with Crippen molar-refractivity contribution in [1.82, 2.24) is 49.7 Å². The quantitative estimate of drug-likeness (QED) is 0.100. The lowest BCUT2D eigenvalue weighted by atomic mass is 10.1. The third kappa shape index (κ3) is 4.49. The summed E-state index contributed by atoms with van der Waals surface area (Å²) in [4.78, 5) is 57.5. The van der Waals surface area contributed by atoms with E-state index in [-0.39, 0.29) is 40.8 Å². The topological polar surface area (TPSA) is 320 Å². The van der Waals surface area contributed by atoms with E-state index in [1.807, 2.05) is 0 Å². The zero-order chi connectivity index (χ0) is 29.9. The van der Waals surface area contributed by atoms with Gasteiger partial charge in [-0.3, -0.25) is 28.7 Å². The molecule has 2 aliphatic rings. The molecule has 0 bridgehead atoms. The SMILES string of the molecule is Nc1nc2c(ncn2[C@@H]2O[C@H](CNC(=O)N[C@H]3[C@@H](O)[C@H](n4cnc5c(=O)[nH]c(N)nc54)O[C@@H]3CO)[C@H](O)[C@H]2O)c(=O)[nH]1. The number of aromatic nitrogens is 8. The number of H-pyrrole nitrogens is 2. The second-order valence-corrected chi connectivity index (χ2v) is 9.72. The Kier molecular flexibility index (Phi) is 6.75. The predicted molar refractivity (Wildman–Crippen MR) is 138 cm³/mol. The van der Waals surface area contributed by atoms with Crippen LogP contribution in [-0.4, -0.2) is 115 Å². The van der Waals surface area contributed by atoms with E-state index in [1.54, 1.807) is 0 Å². The van der Waals surface area contributed by atoms with Crippen LogP contribution in [0.15, 0.2) is 22.2 Å². The smallest absolute Gasteiger partial charge is 0.315 e. The number of aromatic amines is 2. The summed E-state index contributed by atoms with van der Waals surface area (Å²) in [6, 6.07) is -1.95. The standard InChI is InChI=1S/C21H26N12O9/c22-19-28-13-8(15(38)30-19)25-3-32(13)17-11(36)7(6(2-34)42-17)27-21(40)24-1-5-10(35)12(37)18(41-5)33-4-26-9-14(33)29-20(23)31-16(9)39/h3-7,10-12,17-18,34-37H,1-2H2,(H2,24,27,40)(H3,22,28,30,38)(H3,23,29,31,39)/t5-,6-,7-,10+,11-,12-,17-,18-/m1/s1. The molecule has 0 aliphatic carbocycles. The first-order valence-corrected chi connectivity index (χ1v) is 12.5. The van der Waals surface area contributed by atoms with Crippen molar-refractivity contribution < 1.29 is 34.7 Å². The third-order valence-corrected chi connectivity index (χ3v) is 7.10. The van der Waals surface area contributed by atoms with Gasteiger partial charge in [-0.2, -0.15) is 9.97 Å². The van der Waals surface area contributed by atoms with Crippen molar-refractivity contribution in [3.63, 3.8) is 0 Å². The van der Waals surface area contributed by atoms with Crippen LogP contribution in [0.4, 0.5) is 16.7 Å². The van der Waals surface area contributed by atoms with Crippen LogP contribution in [0.25, 0.3) is 22.3 Å². The Bertz CT molecular complexity index is 1770. The summed E-state index contributed by atoms with van der Waals surface area (Å²) in [6.07, 6.45) is -6.53. The number of carbonyl (C=O) groups is 1. The van der Waals surface area contributed by atoms with Gasteiger partial charge in [0.2, 0.25) is 11.9 Å². The first-order valence-electron chi connectivity index (χ1n) is 12.5. The molecule has 2 saturated heterocycles. The number of aliphatic hydroxyl groups excluding tert-OH is 4. The van der Waals surface area contributed by atoms with Gasteiger partial charge in [0.05, 0.1) is 25.3 Å². The molecule has 0 unspecified atom stereocenters. The molecule has 0 saturated carbocycles. The summed E-state index contributed by atoms with van der Waals surface area (Å²) >= 11 is 0. The highest BCUT2D eigenvalue weighted by Crippen LogP contribution is 2.32. The number of hydrogen-bond acceptors (Lipinski definition) is 15. The molecule has 2 amide bonds. The number of amides is 2. The van der Waals surface area contributed by atoms with Gasteiger partial charge in [-0.15, -0.1) is 0 Å². The summed E-state index contributed by atoms with van der Waals surface area (Å²) in [5.41, 5.74) is 9.96. The number of ether oxygens (including phenoxy) is 2. The number of aliphatic hydroxyl groups is 4. The van der Waals surface area contributed by atoms with E-state index in [1.165, 1.54) is 21.8 Å². The van der Waals surface area contributed by atoms with Gasteiger partial charge in [0.1, 0.15) is 30.5 Å². The van der Waals surface area contributed by atoms with Crippen molar-refractivity contribution in [2.24, 2.45) is 0 Å². The minimum atomic E-state index is -1.48. The second-order valence-electron chi connectivity index (χ2n) is 9.72. The zero-order valence-electron chi connectivity index (χ0n) is 21.4. The summed E-state index contributed by atoms with van der Waals surface area (Å²) in [5, 5.41) is 47.0. The largest absolute Gasteiger partial charge is 0.394 e. The Morgan fingerprint density at radius 1 is 0.881 bits per heavy atom. The number of fused-ring (bicyclic) bond motifs is 2. The lowest BCUT2D eigenvalue weighted by Crippen LogP contribution is -2.53. The Labute approximate surface area is 232 Å². The lowest BCUT2D eigenvalue weighted by Gasteiger charge is -2.22. The maximum Gasteiger partial charge on any atom is 0.315 e. The van der Waals surface area contributed by atoms with Crippen LogP contribution < -0.4 is 33.2 Å². The van der Waals surface area contributed by atoms with Gasteiger partial charge in [0.25, 0.3) is 11.1 Å². The summed E-state index contributed by atoms with van der Waals surface area (Å²) in [5.74, 6) is -0.373. The van der Waals surface area contributed by atoms with Crippen molar-refractivity contribution >= 4 is 40.3 Å². The number of nitrogens with one attached hydrogen (secondary N) is 4. The van der Waals surface area contributed by atoms with E-state index >= 15 is 0 Å². The number of nitrogens with zero attached hydrogens (tertiary/aromatic N) is 6. The van der Waals surface area contributed by atoms with Crippen LogP contribution in [0.1, 0.15) is 12.5 Å². The molecular weight excluding hydrogens is 564 g/mol. The Balaban J connectivity index is 1.12. The normalized spacial score (nSPS) is 29.4. The van der Waals surface area contributed by atoms with E-state index < -0.39 is 72.8 Å². The predicted octanol–water partition coefficient (Wildman–Crippen LogP) is -5.05. The molecule has 2 fully saturated rings. The molecule has 0 aromatic carbocycles. The zero-order valence-corrected chi connectivity index (χ0v) is 21.4. The molecular formula is C21H26N12O9. The maximum absolute atomic E-state index is 12.8. The van der Waals surface area contributed by atoms with Crippen molar-refractivity contribution in [3.05, 3.63) is 33.4 Å². The fraction of sp³-hybridized carbons (Fsp3) is 0.476. The van der Waals surface area contributed by atoms with Gasteiger partial charge in [-0.05, 0) is 0 Å². The minimum Gasteiger partial charge on any atom is -0.394 e. The number of anilines is 2. The molecule has 21 nitrogen and oxygen atoms in total. The van der Waals surface area contributed by atoms with Crippen LogP contribution in [0.2, 0.25) is 0 Å². The Hall–Kier alpha value is -4.67. The number of carbonyl (C=O) groups excluding carboxylic acids is 1. The molecule has 0 spiro atoms. The average molecular weight is 591 g/mol. The molecule has 12 N–H and O–H groups in total. The molecule has 21 heteroatoms. The van der Waals surface area contributed by atoms with Crippen molar-refractivity contribution in [2.45, 2.75) is 49.0 Å². The van der Waals surface area contributed by atoms with Crippen LogP contribution >= 0.6 is 0 Å². The molecule has 8 atom stereocenters. The highest BCUT2D eigenvalue weighted by Gasteiger charge is 2.47. The van der Waals surface area contributed by atoms with Crippen molar-refractivity contribution in [1.29, 1.82) is 0 Å². The fourth-order valence-corrected chi connectivity index (χ4v) is 5.09. The monoisotopic (exact) mass is 590 g/mol. The van der Waals surface area contributed by atoms with Crippen LogP contribution in [-0.2, 0) is 9.47 Å². The van der Waals surface area contributed by atoms with Crippen molar-refractivity contribution in [2.75, 3.05) is 24.6 Å². The van der Waals surface area contributed by atoms with Gasteiger partial charge >= 0.3 is 6.03 Å². The van der Waals surface area contributed by atoms with Gasteiger partial charge in [0, 0.05) is 6.54 Å². The van der Waals surface area contributed by atoms with Crippen LogP contribution in [0.3, 0.4) is 0 Å². The number of nitrogens with two attached hydrogens (primary N) is 2. The van der Waals surface area contributed by atoms with Crippen molar-refractivity contribution in [3.8, 4) is 0 Å². The number of hydrogen-bond donors (Lipinski definition) is 10. The van der Waals surface area contributed by atoms with Crippen LogP contribution in [0.5, 0.6) is 0 Å². The number of rotatable bonds is 6. The first kappa shape index (κ1) is 27.5. The lowest BCUT2D eigenvalue weighted by molar-refractivity contribution is -0.0489. The van der Waals surface area contributed by atoms with E-state index in [9.17, 15) is 34.8 Å². The molecule has 4 aromatic rings. The number of nitrogen functional groups attached to an aromatic ring is 2. The highest BCUT2D eigenvalue weighted by molar-refractivity contribution is 5.74. The summed E-state index contributed by atoms with van der Waals surface area (Å²) < 4.78 is 14.0. The van der Waals surface area contributed by atoms with E-state index in [0.717, 1.165) is 0 Å². The molecule has 2 aliphatic heterocycles. The third-order valence-electron chi connectivity index (χ3n) is 7.10. The molecule has 224 valence electrons. The van der Waals surface area contributed by atoms with Gasteiger partial charge in [-0.1, -0.05) is 0 Å². The average Bonchev–Trinajstić information content (AvgIpc) is 3.69. The highest BCUT2D eigenvalue weighted by atomic mass is 16.6. The van der Waals surface area contributed by atoms with Gasteiger partial charge in [0.15, 0.2) is 34.8 Å². The van der Waals surface area contributed by atoms with Crippen LogP contribution in [0, 0.1) is 0 Å². The maximum atomic E-state index is 12.8. The Morgan fingerprint density at radius 2 is 1.40 bits per heavy atom. The minimum absolute atomic E-state index is 0.0202. The summed E-state index contributed by atoms with van der Waals surface area (Å²) in [7, 11) is 0. The molecule has 6 rings (SSSR count). The summed E-state index contributed by atoms with van der Waals surface area (Å²) in [6.45, 7) is -0.877. The molecule has 0 radical (unpaired) electrons. The van der Waals surface area contributed by atoms with Gasteiger partial charge < -0.3 is 52.0 Å². The molecule has 6 heterocycles. The van der Waals surface area contributed by atoms with E-state index in [0.29, 0.717) is 0 Å². The fourth-order valence-electron chi connectivity index (χ4n) is 5.09. The van der Waals surface area contributed by atoms with E-state index in [4.69, 9.17) is 20.9 Å². The number of urea groups is 1. The van der Waals surface area contributed by atoms with Gasteiger partial charge in [-0.25, -0.2) is 14.8 Å². The second kappa shape index (κ2) is 10.3. The Morgan fingerprint density at radius 3 is 1.95 bits per heavy atom. The number of imidazole rings is 2. The van der Waals surface area contributed by atoms with E-state index in [2.05, 4.69) is 40.5 Å². The molecule has 4 aromatic heterocycles.